The van der Waals surface area contributed by atoms with Gasteiger partial charge in [-0.25, -0.2) is 9.37 Å². The molecule has 0 amide bonds. The van der Waals surface area contributed by atoms with Crippen LogP contribution in [0.1, 0.15) is 12.2 Å². The van der Waals surface area contributed by atoms with E-state index in [0.717, 1.165) is 18.5 Å². The fourth-order valence-corrected chi connectivity index (χ4v) is 2.46. The minimum absolute atomic E-state index is 0.261. The zero-order valence-corrected chi connectivity index (χ0v) is 11.5. The molecule has 104 valence electrons. The SMILES string of the molecule is Fc1cccc2c1nc(CCl)n2CCCn1ccnn1. The minimum Gasteiger partial charge on any atom is -0.327 e. The maximum atomic E-state index is 13.7. The highest BCUT2D eigenvalue weighted by molar-refractivity contribution is 6.16. The number of rotatable bonds is 5. The van der Waals surface area contributed by atoms with E-state index in [2.05, 4.69) is 15.3 Å². The van der Waals surface area contributed by atoms with E-state index in [1.165, 1.54) is 6.07 Å². The summed E-state index contributed by atoms with van der Waals surface area (Å²) in [6.45, 7) is 1.46. The molecule has 5 nitrogen and oxygen atoms in total. The quantitative estimate of drug-likeness (QED) is 0.679. The molecule has 1 aromatic carbocycles. The maximum absolute atomic E-state index is 13.7. The zero-order chi connectivity index (χ0) is 13.9. The topological polar surface area (TPSA) is 48.5 Å². The summed E-state index contributed by atoms with van der Waals surface area (Å²) in [7, 11) is 0. The Kier molecular flexibility index (Phi) is 3.64. The van der Waals surface area contributed by atoms with E-state index in [-0.39, 0.29) is 11.7 Å². The van der Waals surface area contributed by atoms with Gasteiger partial charge in [0.25, 0.3) is 0 Å². The van der Waals surface area contributed by atoms with Crippen LogP contribution in [0, 0.1) is 5.82 Å². The summed E-state index contributed by atoms with van der Waals surface area (Å²) in [5, 5.41) is 7.67. The molecule has 7 heteroatoms. The number of fused-ring (bicyclic) bond motifs is 1. The molecule has 0 N–H and O–H groups in total. The summed E-state index contributed by atoms with van der Waals surface area (Å²) < 4.78 is 17.4. The van der Waals surface area contributed by atoms with Crippen LogP contribution in [-0.2, 0) is 19.0 Å². The van der Waals surface area contributed by atoms with E-state index in [0.29, 0.717) is 17.9 Å². The average molecular weight is 294 g/mol. The highest BCUT2D eigenvalue weighted by atomic mass is 35.5. The summed E-state index contributed by atoms with van der Waals surface area (Å²) in [5.41, 5.74) is 1.16. The van der Waals surface area contributed by atoms with Gasteiger partial charge in [-0.3, -0.25) is 4.68 Å². The van der Waals surface area contributed by atoms with Gasteiger partial charge in [-0.2, -0.15) is 0 Å². The number of aryl methyl sites for hydroxylation is 2. The Balaban J connectivity index is 1.84. The van der Waals surface area contributed by atoms with Crippen LogP contribution >= 0.6 is 11.6 Å². The molecule has 2 heterocycles. The van der Waals surface area contributed by atoms with Crippen molar-refractivity contribution in [3.63, 3.8) is 0 Å². The summed E-state index contributed by atoms with van der Waals surface area (Å²) in [5.74, 6) is 0.631. The minimum atomic E-state index is -0.316. The van der Waals surface area contributed by atoms with Crippen molar-refractivity contribution in [3.05, 3.63) is 42.2 Å². The van der Waals surface area contributed by atoms with Gasteiger partial charge in [0.1, 0.15) is 11.3 Å². The fourth-order valence-electron chi connectivity index (χ4n) is 2.26. The number of hydrogen-bond donors (Lipinski definition) is 0. The third-order valence-electron chi connectivity index (χ3n) is 3.17. The second-order valence-corrected chi connectivity index (χ2v) is 4.71. The van der Waals surface area contributed by atoms with Gasteiger partial charge < -0.3 is 4.57 Å². The normalized spacial score (nSPS) is 11.3. The Morgan fingerprint density at radius 1 is 1.25 bits per heavy atom. The number of nitrogens with zero attached hydrogens (tertiary/aromatic N) is 5. The van der Waals surface area contributed by atoms with Gasteiger partial charge in [-0.15, -0.1) is 16.7 Å². The van der Waals surface area contributed by atoms with Gasteiger partial charge in [-0.1, -0.05) is 11.3 Å². The zero-order valence-electron chi connectivity index (χ0n) is 10.7. The predicted molar refractivity (Wildman–Crippen MR) is 73.9 cm³/mol. The van der Waals surface area contributed by atoms with Crippen molar-refractivity contribution >= 4 is 22.6 Å². The molecule has 20 heavy (non-hydrogen) atoms. The van der Waals surface area contributed by atoms with Gasteiger partial charge in [-0.05, 0) is 18.6 Å². The van der Waals surface area contributed by atoms with Crippen molar-refractivity contribution in [2.75, 3.05) is 0 Å². The molecule has 2 aromatic heterocycles. The summed E-state index contributed by atoms with van der Waals surface area (Å²) in [4.78, 5) is 4.27. The highest BCUT2D eigenvalue weighted by Gasteiger charge is 2.12. The average Bonchev–Trinajstić information content (AvgIpc) is 3.08. The lowest BCUT2D eigenvalue weighted by molar-refractivity contribution is 0.514. The monoisotopic (exact) mass is 293 g/mol. The van der Waals surface area contributed by atoms with Crippen molar-refractivity contribution in [1.29, 1.82) is 0 Å². The molecule has 0 aliphatic carbocycles. The van der Waals surface area contributed by atoms with Crippen LogP contribution in [-0.4, -0.2) is 24.5 Å². The molecule has 0 radical (unpaired) electrons. The number of para-hydroxylation sites is 1. The first-order valence-corrected chi connectivity index (χ1v) is 6.86. The number of aromatic nitrogens is 5. The molecule has 3 aromatic rings. The maximum Gasteiger partial charge on any atom is 0.151 e. The van der Waals surface area contributed by atoms with Gasteiger partial charge >= 0.3 is 0 Å². The van der Waals surface area contributed by atoms with Crippen LogP contribution in [0.2, 0.25) is 0 Å². The van der Waals surface area contributed by atoms with E-state index >= 15 is 0 Å². The fraction of sp³-hybridized carbons (Fsp3) is 0.308. The van der Waals surface area contributed by atoms with E-state index in [4.69, 9.17) is 11.6 Å². The second-order valence-electron chi connectivity index (χ2n) is 4.44. The van der Waals surface area contributed by atoms with Gasteiger partial charge in [0.15, 0.2) is 5.82 Å². The van der Waals surface area contributed by atoms with Gasteiger partial charge in [0.2, 0.25) is 0 Å². The molecule has 0 saturated heterocycles. The van der Waals surface area contributed by atoms with E-state index in [1.54, 1.807) is 16.9 Å². The smallest absolute Gasteiger partial charge is 0.151 e. The van der Waals surface area contributed by atoms with E-state index < -0.39 is 0 Å². The Hall–Kier alpha value is -1.95. The molecular weight excluding hydrogens is 281 g/mol. The third kappa shape index (κ3) is 2.38. The van der Waals surface area contributed by atoms with Crippen molar-refractivity contribution in [3.8, 4) is 0 Å². The number of halogens is 2. The Morgan fingerprint density at radius 3 is 2.90 bits per heavy atom. The first-order chi connectivity index (χ1) is 9.79. The van der Waals surface area contributed by atoms with Crippen LogP contribution in [0.15, 0.2) is 30.6 Å². The lowest BCUT2D eigenvalue weighted by atomic mass is 10.3. The summed E-state index contributed by atoms with van der Waals surface area (Å²) in [6.07, 6.45) is 4.30. The van der Waals surface area contributed by atoms with Crippen LogP contribution in [0.5, 0.6) is 0 Å². The highest BCUT2D eigenvalue weighted by Crippen LogP contribution is 2.20. The van der Waals surface area contributed by atoms with Crippen molar-refractivity contribution in [2.45, 2.75) is 25.4 Å². The van der Waals surface area contributed by atoms with Crippen molar-refractivity contribution in [1.82, 2.24) is 24.5 Å². The van der Waals surface area contributed by atoms with Gasteiger partial charge in [0, 0.05) is 19.3 Å². The predicted octanol–water partition coefficient (Wildman–Crippen LogP) is 2.60. The largest absolute Gasteiger partial charge is 0.327 e. The van der Waals surface area contributed by atoms with Crippen molar-refractivity contribution < 1.29 is 4.39 Å². The molecule has 3 rings (SSSR count). The third-order valence-corrected chi connectivity index (χ3v) is 3.41. The number of imidazole rings is 1. The molecule has 0 aliphatic heterocycles. The molecule has 0 unspecified atom stereocenters. The molecule has 0 atom stereocenters. The first kappa shape index (κ1) is 13.1. The van der Waals surface area contributed by atoms with E-state index in [1.807, 2.05) is 16.8 Å². The Morgan fingerprint density at radius 2 is 2.15 bits per heavy atom. The Labute approximate surface area is 120 Å². The van der Waals surface area contributed by atoms with Crippen LogP contribution in [0.25, 0.3) is 11.0 Å². The standard InChI is InChI=1S/C13H13ClFN5/c14-9-12-17-13-10(15)3-1-4-11(13)20(12)7-2-6-19-8-5-16-18-19/h1,3-5,8H,2,6-7,9H2. The number of benzene rings is 1. The van der Waals surface area contributed by atoms with Crippen LogP contribution in [0.3, 0.4) is 0 Å². The molecule has 0 fully saturated rings. The van der Waals surface area contributed by atoms with Crippen LogP contribution < -0.4 is 0 Å². The molecule has 0 spiro atoms. The summed E-state index contributed by atoms with van der Waals surface area (Å²) in [6, 6.07) is 4.95. The molecular formula is C13H13ClFN5. The lowest BCUT2D eigenvalue weighted by Gasteiger charge is -2.07. The molecule has 0 aliphatic rings. The van der Waals surface area contributed by atoms with E-state index in [9.17, 15) is 4.39 Å². The lowest BCUT2D eigenvalue weighted by Crippen LogP contribution is -2.07. The second kappa shape index (κ2) is 5.58. The molecule has 0 bridgehead atoms. The first-order valence-electron chi connectivity index (χ1n) is 6.33. The van der Waals surface area contributed by atoms with Crippen LogP contribution in [0.4, 0.5) is 4.39 Å². The number of hydrogen-bond acceptors (Lipinski definition) is 3. The number of alkyl halides is 1. The van der Waals surface area contributed by atoms with Crippen molar-refractivity contribution in [2.24, 2.45) is 0 Å². The summed E-state index contributed by atoms with van der Waals surface area (Å²) >= 11 is 5.90. The van der Waals surface area contributed by atoms with Gasteiger partial charge in [0.05, 0.1) is 17.6 Å². The molecule has 0 saturated carbocycles. The Bertz CT molecular complexity index is 707.